The number of carbonyl (C=O) groups is 1. The fourth-order valence-corrected chi connectivity index (χ4v) is 2.73. The number of hydrogen-bond donors (Lipinski definition) is 2. The molecule has 2 aromatic heterocycles. The maximum atomic E-state index is 12.7. The Hall–Kier alpha value is -2.22. The number of hydrogen-bond acceptors (Lipinski definition) is 5. The van der Waals surface area contributed by atoms with Gasteiger partial charge in [0.25, 0.3) is 5.91 Å². The van der Waals surface area contributed by atoms with E-state index >= 15 is 0 Å². The number of nitrogens with two attached hydrogens (primary N) is 1. The zero-order valence-corrected chi connectivity index (χ0v) is 18.0. The smallest absolute Gasteiger partial charge is 0.274 e. The van der Waals surface area contributed by atoms with Crippen LogP contribution in [0, 0.1) is 12.8 Å². The van der Waals surface area contributed by atoms with Gasteiger partial charge in [-0.1, -0.05) is 25.1 Å². The molecule has 0 saturated carbocycles. The summed E-state index contributed by atoms with van der Waals surface area (Å²) in [5.41, 5.74) is 8.08. The molecule has 3 rings (SSSR count). The molecular formula is C19H26Cl2N6O. The van der Waals surface area contributed by atoms with Crippen molar-refractivity contribution in [2.24, 2.45) is 11.7 Å². The van der Waals surface area contributed by atoms with Crippen LogP contribution in [0.15, 0.2) is 36.5 Å². The molecule has 1 unspecified atom stereocenters. The Morgan fingerprint density at radius 2 is 2.00 bits per heavy atom. The van der Waals surface area contributed by atoms with Crippen LogP contribution in [-0.2, 0) is 0 Å². The monoisotopic (exact) mass is 424 g/mol. The van der Waals surface area contributed by atoms with Crippen molar-refractivity contribution in [2.45, 2.75) is 33.2 Å². The highest BCUT2D eigenvalue weighted by atomic mass is 35.5. The topological polar surface area (TPSA) is 98.7 Å². The highest BCUT2D eigenvalue weighted by Gasteiger charge is 2.30. The number of halogens is 2. The molecule has 0 spiro atoms. The van der Waals surface area contributed by atoms with Gasteiger partial charge in [0.1, 0.15) is 0 Å². The van der Waals surface area contributed by atoms with Crippen molar-refractivity contribution in [2.75, 3.05) is 6.54 Å². The van der Waals surface area contributed by atoms with Gasteiger partial charge in [0.2, 0.25) is 0 Å². The highest BCUT2D eigenvalue weighted by molar-refractivity contribution is 5.94. The number of aromatic nitrogens is 4. The Balaban J connectivity index is 0.00000196. The Bertz CT molecular complexity index is 959. The number of nitrogens with zero attached hydrogens (tertiary/aromatic N) is 4. The summed E-state index contributed by atoms with van der Waals surface area (Å²) >= 11 is 0. The fraction of sp³-hybridized carbons (Fsp3) is 0.368. The third-order valence-corrected chi connectivity index (χ3v) is 5.04. The third kappa shape index (κ3) is 4.43. The normalized spacial score (nSPS) is 12.8. The van der Waals surface area contributed by atoms with E-state index in [9.17, 15) is 4.79 Å². The van der Waals surface area contributed by atoms with Crippen LogP contribution in [0.25, 0.3) is 16.6 Å². The lowest BCUT2D eigenvalue weighted by Gasteiger charge is -2.33. The number of benzene rings is 1. The zero-order chi connectivity index (χ0) is 18.9. The van der Waals surface area contributed by atoms with E-state index in [2.05, 4.69) is 20.6 Å². The van der Waals surface area contributed by atoms with E-state index in [1.807, 2.05) is 58.0 Å². The summed E-state index contributed by atoms with van der Waals surface area (Å²) in [5.74, 6) is -0.0716. The summed E-state index contributed by atoms with van der Waals surface area (Å²) in [6.07, 6.45) is 1.76. The van der Waals surface area contributed by atoms with E-state index in [0.717, 1.165) is 16.6 Å². The van der Waals surface area contributed by atoms with Gasteiger partial charge in [-0.05, 0) is 44.0 Å². The predicted octanol–water partition coefficient (Wildman–Crippen LogP) is 3.07. The van der Waals surface area contributed by atoms with E-state index in [1.165, 1.54) is 0 Å². The van der Waals surface area contributed by atoms with Crippen LogP contribution < -0.4 is 11.1 Å². The lowest BCUT2D eigenvalue weighted by molar-refractivity contribution is 0.0877. The van der Waals surface area contributed by atoms with E-state index in [1.54, 1.807) is 10.9 Å². The molecule has 3 aromatic rings. The number of nitrogens with one attached hydrogen (secondary N) is 1. The van der Waals surface area contributed by atoms with Crippen molar-refractivity contribution >= 4 is 41.6 Å². The van der Waals surface area contributed by atoms with Crippen LogP contribution in [0.4, 0.5) is 0 Å². The van der Waals surface area contributed by atoms with Crippen LogP contribution in [0.5, 0.6) is 0 Å². The number of pyridine rings is 1. The molecule has 9 heteroatoms. The van der Waals surface area contributed by atoms with Crippen LogP contribution in [-0.4, -0.2) is 38.0 Å². The first kappa shape index (κ1) is 23.8. The molecular weight excluding hydrogens is 399 g/mol. The van der Waals surface area contributed by atoms with Crippen molar-refractivity contribution in [1.29, 1.82) is 0 Å². The second-order valence-electron chi connectivity index (χ2n) is 7.05. The van der Waals surface area contributed by atoms with Gasteiger partial charge in [-0.15, -0.1) is 29.9 Å². The minimum absolute atomic E-state index is 0. The SMILES string of the molecule is Cc1c(C(=O)NC(C)(CN)C(C)C)nnn1-c1ccc2ncccc2c1.Cl.Cl. The van der Waals surface area contributed by atoms with Gasteiger partial charge in [0.15, 0.2) is 5.69 Å². The average molecular weight is 425 g/mol. The molecule has 0 aliphatic rings. The highest BCUT2D eigenvalue weighted by Crippen LogP contribution is 2.20. The van der Waals surface area contributed by atoms with E-state index in [-0.39, 0.29) is 36.6 Å². The maximum Gasteiger partial charge on any atom is 0.274 e. The van der Waals surface area contributed by atoms with Crippen molar-refractivity contribution in [3.05, 3.63) is 47.9 Å². The molecule has 0 saturated heterocycles. The van der Waals surface area contributed by atoms with Crippen LogP contribution in [0.3, 0.4) is 0 Å². The molecule has 152 valence electrons. The van der Waals surface area contributed by atoms with Crippen molar-refractivity contribution in [3.63, 3.8) is 0 Å². The van der Waals surface area contributed by atoms with Crippen molar-refractivity contribution < 1.29 is 4.79 Å². The van der Waals surface area contributed by atoms with Crippen molar-refractivity contribution in [1.82, 2.24) is 25.3 Å². The van der Waals surface area contributed by atoms with Gasteiger partial charge in [-0.3, -0.25) is 9.78 Å². The van der Waals surface area contributed by atoms with Crippen molar-refractivity contribution in [3.8, 4) is 5.69 Å². The first-order valence-electron chi connectivity index (χ1n) is 8.66. The van der Waals surface area contributed by atoms with Crippen LogP contribution in [0.1, 0.15) is 37.0 Å². The molecule has 2 heterocycles. The molecule has 0 aliphatic heterocycles. The maximum absolute atomic E-state index is 12.7. The molecule has 1 amide bonds. The summed E-state index contributed by atoms with van der Waals surface area (Å²) in [7, 11) is 0. The van der Waals surface area contributed by atoms with E-state index in [0.29, 0.717) is 17.9 Å². The Kier molecular flexibility index (Phi) is 7.93. The molecule has 1 aromatic carbocycles. The number of carbonyl (C=O) groups excluding carboxylic acids is 1. The van der Waals surface area contributed by atoms with Gasteiger partial charge in [-0.25, -0.2) is 4.68 Å². The summed E-state index contributed by atoms with van der Waals surface area (Å²) < 4.78 is 1.66. The predicted molar refractivity (Wildman–Crippen MR) is 116 cm³/mol. The number of amides is 1. The van der Waals surface area contributed by atoms with Gasteiger partial charge < -0.3 is 11.1 Å². The largest absolute Gasteiger partial charge is 0.344 e. The van der Waals surface area contributed by atoms with E-state index in [4.69, 9.17) is 5.73 Å². The zero-order valence-electron chi connectivity index (χ0n) is 16.3. The van der Waals surface area contributed by atoms with Gasteiger partial charge in [0.05, 0.1) is 22.4 Å². The quantitative estimate of drug-likeness (QED) is 0.655. The first-order chi connectivity index (χ1) is 12.4. The standard InChI is InChI=1S/C19H24N6O.2ClH/c1-12(2)19(4,11-20)22-18(26)17-13(3)25(24-23-17)15-7-8-16-14(10-15)6-5-9-21-16;;/h5-10,12H,11,20H2,1-4H3,(H,22,26);2*1H. The Morgan fingerprint density at radius 3 is 2.64 bits per heavy atom. The Morgan fingerprint density at radius 1 is 1.29 bits per heavy atom. The molecule has 0 fully saturated rings. The van der Waals surface area contributed by atoms with Crippen LogP contribution in [0.2, 0.25) is 0 Å². The molecule has 0 bridgehead atoms. The second kappa shape index (κ2) is 9.32. The minimum Gasteiger partial charge on any atom is -0.344 e. The lowest BCUT2D eigenvalue weighted by Crippen LogP contribution is -2.55. The molecule has 3 N–H and O–H groups in total. The average Bonchev–Trinajstić information content (AvgIpc) is 3.02. The second-order valence-corrected chi connectivity index (χ2v) is 7.05. The molecule has 28 heavy (non-hydrogen) atoms. The lowest BCUT2D eigenvalue weighted by atomic mass is 9.88. The number of fused-ring (bicyclic) bond motifs is 1. The summed E-state index contributed by atoms with van der Waals surface area (Å²) in [4.78, 5) is 17.0. The number of rotatable bonds is 5. The van der Waals surface area contributed by atoms with Gasteiger partial charge in [0, 0.05) is 18.1 Å². The summed E-state index contributed by atoms with van der Waals surface area (Å²) in [5, 5.41) is 12.3. The third-order valence-electron chi connectivity index (χ3n) is 5.04. The van der Waals surface area contributed by atoms with Gasteiger partial charge in [-0.2, -0.15) is 0 Å². The summed E-state index contributed by atoms with van der Waals surface area (Å²) in [6.45, 7) is 8.17. The van der Waals surface area contributed by atoms with Crippen LogP contribution >= 0.6 is 24.8 Å². The summed E-state index contributed by atoms with van der Waals surface area (Å²) in [6, 6.07) is 9.69. The molecule has 7 nitrogen and oxygen atoms in total. The fourth-order valence-electron chi connectivity index (χ4n) is 2.73. The molecule has 0 radical (unpaired) electrons. The van der Waals surface area contributed by atoms with E-state index < -0.39 is 5.54 Å². The molecule has 0 aliphatic carbocycles. The first-order valence-corrected chi connectivity index (χ1v) is 8.66. The minimum atomic E-state index is -0.498. The Labute approximate surface area is 176 Å². The van der Waals surface area contributed by atoms with Gasteiger partial charge >= 0.3 is 0 Å². The molecule has 1 atom stereocenters.